The Morgan fingerprint density at radius 3 is 2.63 bits per heavy atom. The first kappa shape index (κ1) is 22.9. The van der Waals surface area contributed by atoms with Crippen LogP contribution in [0.2, 0.25) is 0 Å². The summed E-state index contributed by atoms with van der Waals surface area (Å²) in [5.74, 6) is 0.497. The molecule has 4 N–H and O–H groups in total. The summed E-state index contributed by atoms with van der Waals surface area (Å²) >= 11 is 0. The van der Waals surface area contributed by atoms with Crippen molar-refractivity contribution in [1.29, 1.82) is 5.26 Å². The molecule has 0 radical (unpaired) electrons. The predicted octanol–water partition coefficient (Wildman–Crippen LogP) is 3.09. The van der Waals surface area contributed by atoms with Gasteiger partial charge in [0.2, 0.25) is 0 Å². The number of carboxylic acid groups (broad SMARTS) is 1. The van der Waals surface area contributed by atoms with Crippen LogP contribution in [0.5, 0.6) is 5.75 Å². The Bertz CT molecular complexity index is 991. The number of hydrogen-bond acceptors (Lipinski definition) is 5. The number of nitrogens with zero attached hydrogens (tertiary/aromatic N) is 1. The monoisotopic (exact) mass is 409 g/mol. The summed E-state index contributed by atoms with van der Waals surface area (Å²) in [4.78, 5) is 11.7. The molecular formula is C23H27N3O4. The molecule has 0 saturated carbocycles. The molecule has 1 heterocycles. The predicted molar refractivity (Wildman–Crippen MR) is 115 cm³/mol. The van der Waals surface area contributed by atoms with Crippen molar-refractivity contribution in [3.63, 3.8) is 0 Å². The van der Waals surface area contributed by atoms with Crippen molar-refractivity contribution >= 4 is 17.4 Å². The van der Waals surface area contributed by atoms with Crippen molar-refractivity contribution in [2.24, 2.45) is 0 Å². The molecule has 3 aromatic rings. The minimum atomic E-state index is -0.668. The summed E-state index contributed by atoms with van der Waals surface area (Å²) in [5, 5.41) is 30.9. The number of aromatic amines is 1. The maximum absolute atomic E-state index is 10.3. The molecule has 0 aliphatic rings. The Morgan fingerprint density at radius 2 is 1.90 bits per heavy atom. The van der Waals surface area contributed by atoms with Gasteiger partial charge < -0.3 is 25.3 Å². The number of benzene rings is 2. The number of H-pyrrole nitrogens is 1. The highest BCUT2D eigenvalue weighted by Crippen LogP contribution is 2.22. The van der Waals surface area contributed by atoms with E-state index < -0.39 is 6.10 Å². The molecule has 0 fully saturated rings. The molecule has 1 unspecified atom stereocenters. The molecule has 0 amide bonds. The lowest BCUT2D eigenvalue weighted by molar-refractivity contribution is -0.122. The molecular weight excluding hydrogens is 382 g/mol. The maximum atomic E-state index is 10.3. The molecule has 7 nitrogen and oxygen atoms in total. The third-order valence-corrected chi connectivity index (χ3v) is 4.56. The second kappa shape index (κ2) is 11.0. The Hall–Kier alpha value is -3.34. The van der Waals surface area contributed by atoms with E-state index in [9.17, 15) is 5.11 Å². The van der Waals surface area contributed by atoms with Gasteiger partial charge in [0.05, 0.1) is 5.56 Å². The van der Waals surface area contributed by atoms with Crippen molar-refractivity contribution < 1.29 is 19.7 Å². The van der Waals surface area contributed by atoms with Crippen LogP contribution in [0.25, 0.3) is 10.9 Å². The topological polar surface area (TPSA) is 118 Å². The molecule has 0 aliphatic heterocycles. The first-order valence-corrected chi connectivity index (χ1v) is 9.58. The standard InChI is InChI=1S/C22H25N3O2.CH2O2/c1-22(2,11-17-13-24-20-9-5-4-8-19(17)20)25-14-18(26)15-27-21-10-6-3-7-16(21)12-23;2-1-3/h3-10,13,18,24-26H,11,14-15H2,1-2H3;1H,(H,2,3). The average molecular weight is 409 g/mol. The van der Waals surface area contributed by atoms with E-state index in [1.165, 1.54) is 10.9 Å². The van der Waals surface area contributed by atoms with Crippen LogP contribution in [0.15, 0.2) is 54.7 Å². The number of para-hydroxylation sites is 2. The van der Waals surface area contributed by atoms with E-state index in [0.717, 1.165) is 11.9 Å². The molecule has 1 atom stereocenters. The number of aliphatic hydroxyl groups is 1. The van der Waals surface area contributed by atoms with Gasteiger partial charge in [0, 0.05) is 29.2 Å². The minimum Gasteiger partial charge on any atom is -0.489 e. The van der Waals surface area contributed by atoms with Crippen molar-refractivity contribution in [2.45, 2.75) is 31.9 Å². The highest BCUT2D eigenvalue weighted by molar-refractivity contribution is 5.83. The average Bonchev–Trinajstić information content (AvgIpc) is 3.14. The zero-order valence-corrected chi connectivity index (χ0v) is 17.1. The third-order valence-electron chi connectivity index (χ3n) is 4.56. The number of carbonyl (C=O) groups is 1. The highest BCUT2D eigenvalue weighted by atomic mass is 16.5. The molecule has 0 aliphatic carbocycles. The number of hydrogen-bond donors (Lipinski definition) is 4. The van der Waals surface area contributed by atoms with E-state index in [-0.39, 0.29) is 18.6 Å². The number of fused-ring (bicyclic) bond motifs is 1. The first-order chi connectivity index (χ1) is 14.4. The number of aliphatic hydroxyl groups excluding tert-OH is 1. The number of β-amino-alcohol motifs (C(OH)–C–C–N with tert-alkyl or cyclic N) is 1. The molecule has 7 heteroatoms. The van der Waals surface area contributed by atoms with E-state index in [0.29, 0.717) is 17.9 Å². The van der Waals surface area contributed by atoms with Gasteiger partial charge >= 0.3 is 0 Å². The normalized spacial score (nSPS) is 11.8. The van der Waals surface area contributed by atoms with E-state index in [2.05, 4.69) is 42.4 Å². The van der Waals surface area contributed by atoms with E-state index >= 15 is 0 Å². The van der Waals surface area contributed by atoms with Crippen LogP contribution in [0.1, 0.15) is 25.0 Å². The second-order valence-corrected chi connectivity index (χ2v) is 7.48. The summed E-state index contributed by atoms with van der Waals surface area (Å²) in [7, 11) is 0. The van der Waals surface area contributed by atoms with Crippen LogP contribution in [0, 0.1) is 11.3 Å². The van der Waals surface area contributed by atoms with Crippen molar-refractivity contribution in [2.75, 3.05) is 13.2 Å². The molecule has 158 valence electrons. The summed E-state index contributed by atoms with van der Waals surface area (Å²) < 4.78 is 5.60. The molecule has 0 spiro atoms. The van der Waals surface area contributed by atoms with E-state index in [1.807, 2.05) is 24.4 Å². The second-order valence-electron chi connectivity index (χ2n) is 7.48. The van der Waals surface area contributed by atoms with Crippen LogP contribution >= 0.6 is 0 Å². The minimum absolute atomic E-state index is 0.134. The van der Waals surface area contributed by atoms with Gasteiger partial charge in [0.25, 0.3) is 6.47 Å². The van der Waals surface area contributed by atoms with Gasteiger partial charge in [-0.25, -0.2) is 0 Å². The van der Waals surface area contributed by atoms with Gasteiger partial charge in [-0.15, -0.1) is 0 Å². The molecule has 0 bridgehead atoms. The quantitative estimate of drug-likeness (QED) is 0.425. The Kier molecular flexibility index (Phi) is 8.41. The fourth-order valence-corrected chi connectivity index (χ4v) is 3.14. The fraction of sp³-hybridized carbons (Fsp3) is 0.304. The van der Waals surface area contributed by atoms with Gasteiger partial charge in [0.1, 0.15) is 24.5 Å². The lowest BCUT2D eigenvalue weighted by Crippen LogP contribution is -2.46. The van der Waals surface area contributed by atoms with Crippen LogP contribution in [0.4, 0.5) is 0 Å². The lowest BCUT2D eigenvalue weighted by atomic mass is 9.94. The number of nitriles is 1. The molecule has 2 aromatic carbocycles. The number of rotatable bonds is 8. The van der Waals surface area contributed by atoms with Crippen LogP contribution < -0.4 is 10.1 Å². The number of nitrogens with one attached hydrogen (secondary N) is 2. The highest BCUT2D eigenvalue weighted by Gasteiger charge is 2.21. The summed E-state index contributed by atoms with van der Waals surface area (Å²) in [6.07, 6.45) is 2.22. The fourth-order valence-electron chi connectivity index (χ4n) is 3.14. The Labute approximate surface area is 175 Å². The first-order valence-electron chi connectivity index (χ1n) is 9.58. The Balaban J connectivity index is 0.00000101. The third kappa shape index (κ3) is 6.62. The van der Waals surface area contributed by atoms with Crippen molar-refractivity contribution in [1.82, 2.24) is 10.3 Å². The zero-order valence-electron chi connectivity index (χ0n) is 17.1. The van der Waals surface area contributed by atoms with E-state index in [4.69, 9.17) is 19.9 Å². The summed E-state index contributed by atoms with van der Waals surface area (Å²) in [5.41, 5.74) is 2.67. The summed E-state index contributed by atoms with van der Waals surface area (Å²) in [6, 6.07) is 17.4. The molecule has 30 heavy (non-hydrogen) atoms. The van der Waals surface area contributed by atoms with Crippen LogP contribution in [0.3, 0.4) is 0 Å². The van der Waals surface area contributed by atoms with Gasteiger partial charge in [-0.3, -0.25) is 4.79 Å². The van der Waals surface area contributed by atoms with Gasteiger partial charge in [-0.2, -0.15) is 5.26 Å². The largest absolute Gasteiger partial charge is 0.489 e. The van der Waals surface area contributed by atoms with Crippen LogP contribution in [-0.4, -0.2) is 46.5 Å². The molecule has 1 aromatic heterocycles. The van der Waals surface area contributed by atoms with Crippen molar-refractivity contribution in [3.8, 4) is 11.8 Å². The molecule has 3 rings (SSSR count). The smallest absolute Gasteiger partial charge is 0.290 e. The van der Waals surface area contributed by atoms with Gasteiger partial charge in [0.15, 0.2) is 0 Å². The SMILES string of the molecule is CC(C)(Cc1c[nH]c2ccccc12)NCC(O)COc1ccccc1C#N.O=CO. The molecule has 0 saturated heterocycles. The van der Waals surface area contributed by atoms with Gasteiger partial charge in [-0.05, 0) is 44.0 Å². The van der Waals surface area contributed by atoms with Gasteiger partial charge in [-0.1, -0.05) is 30.3 Å². The lowest BCUT2D eigenvalue weighted by Gasteiger charge is -2.28. The summed E-state index contributed by atoms with van der Waals surface area (Å²) in [6.45, 7) is 4.53. The number of ether oxygens (including phenoxy) is 1. The van der Waals surface area contributed by atoms with E-state index in [1.54, 1.807) is 18.2 Å². The Morgan fingerprint density at radius 1 is 1.23 bits per heavy atom. The zero-order chi connectivity index (χ0) is 22.0. The number of aromatic nitrogens is 1. The van der Waals surface area contributed by atoms with Crippen LogP contribution in [-0.2, 0) is 11.2 Å². The van der Waals surface area contributed by atoms with Crippen molar-refractivity contribution in [3.05, 3.63) is 65.9 Å². The maximum Gasteiger partial charge on any atom is 0.290 e.